The van der Waals surface area contributed by atoms with Crippen LogP contribution in [0.4, 0.5) is 0 Å². The molecule has 0 bridgehead atoms. The van der Waals surface area contributed by atoms with Crippen LogP contribution < -0.4 is 5.73 Å². The molecule has 0 amide bonds. The molecule has 1 heterocycles. The van der Waals surface area contributed by atoms with Gasteiger partial charge in [-0.05, 0) is 6.92 Å². The van der Waals surface area contributed by atoms with Gasteiger partial charge in [0, 0.05) is 13.2 Å². The summed E-state index contributed by atoms with van der Waals surface area (Å²) in [5.74, 6) is 0.692. The molecule has 74 valence electrons. The first-order chi connectivity index (χ1) is 5.91. The maximum atomic E-state index is 8.36. The molecule has 7 nitrogen and oxygen atoms in total. The summed E-state index contributed by atoms with van der Waals surface area (Å²) in [6.07, 6.45) is 1.97. The molecule has 0 atom stereocenters. The first-order valence-corrected chi connectivity index (χ1v) is 3.46. The minimum absolute atomic E-state index is 0.692. The highest BCUT2D eigenvalue weighted by atomic mass is 16.9. The lowest BCUT2D eigenvalue weighted by Crippen LogP contribution is -2.30. The number of nitrogens with two attached hydrogens (primary N) is 1. The monoisotopic (exact) mass is 188 g/mol. The van der Waals surface area contributed by atoms with Crippen LogP contribution in [0.3, 0.4) is 0 Å². The highest BCUT2D eigenvalue weighted by Crippen LogP contribution is 2.01. The van der Waals surface area contributed by atoms with Crippen molar-refractivity contribution in [3.05, 3.63) is 22.0 Å². The predicted molar refractivity (Wildman–Crippen MR) is 46.8 cm³/mol. The summed E-state index contributed by atoms with van der Waals surface area (Å²) in [4.78, 5) is 14.4. The largest absolute Gasteiger partial charge is 0.386 e. The van der Waals surface area contributed by atoms with Gasteiger partial charge in [-0.1, -0.05) is 0 Å². The third-order valence-electron chi connectivity index (χ3n) is 1.14. The summed E-state index contributed by atoms with van der Waals surface area (Å²) in [6, 6.07) is 0. The molecule has 0 aromatic rings. The number of hydrogen-bond acceptors (Lipinski definition) is 5. The van der Waals surface area contributed by atoms with Crippen molar-refractivity contribution in [2.45, 2.75) is 6.92 Å². The van der Waals surface area contributed by atoms with Crippen LogP contribution in [0.2, 0.25) is 0 Å². The molecule has 0 unspecified atom stereocenters. The van der Waals surface area contributed by atoms with Gasteiger partial charge in [0.2, 0.25) is 0 Å². The lowest BCUT2D eigenvalue weighted by molar-refractivity contribution is -0.742. The van der Waals surface area contributed by atoms with Crippen LogP contribution in [0.15, 0.2) is 16.9 Å². The Balaban J connectivity index is 0.000000310. The normalized spacial score (nSPS) is 15.1. The molecule has 13 heavy (non-hydrogen) atoms. The first-order valence-electron chi connectivity index (χ1n) is 3.46. The van der Waals surface area contributed by atoms with Crippen molar-refractivity contribution in [2.24, 2.45) is 10.7 Å². The van der Waals surface area contributed by atoms with Gasteiger partial charge in [-0.25, -0.2) is 4.99 Å². The molecule has 0 aromatic heterocycles. The van der Waals surface area contributed by atoms with Crippen molar-refractivity contribution in [1.82, 2.24) is 4.90 Å². The highest BCUT2D eigenvalue weighted by Gasteiger charge is 2.02. The van der Waals surface area contributed by atoms with Crippen molar-refractivity contribution in [3.8, 4) is 0 Å². The molecule has 3 N–H and O–H groups in total. The maximum Gasteiger partial charge on any atom is 0.291 e. The second kappa shape index (κ2) is 4.96. The van der Waals surface area contributed by atoms with Crippen LogP contribution in [0.25, 0.3) is 0 Å². The fourth-order valence-electron chi connectivity index (χ4n) is 0.911. The molecule has 7 heteroatoms. The van der Waals surface area contributed by atoms with Gasteiger partial charge in [0.15, 0.2) is 0 Å². The lowest BCUT2D eigenvalue weighted by atomic mass is 10.4. The van der Waals surface area contributed by atoms with Gasteiger partial charge >= 0.3 is 0 Å². The zero-order chi connectivity index (χ0) is 10.4. The molecule has 1 aliphatic rings. The van der Waals surface area contributed by atoms with Crippen molar-refractivity contribution < 1.29 is 10.3 Å². The summed E-state index contributed by atoms with van der Waals surface area (Å²) in [6.45, 7) is 2.68. The minimum Gasteiger partial charge on any atom is -0.386 e. The van der Waals surface area contributed by atoms with Gasteiger partial charge in [0.1, 0.15) is 5.84 Å². The second-order valence-corrected chi connectivity index (χ2v) is 2.53. The maximum absolute atomic E-state index is 8.36. The third kappa shape index (κ3) is 6.60. The van der Waals surface area contributed by atoms with Crippen LogP contribution in [-0.4, -0.2) is 34.6 Å². The number of likely N-dealkylation sites (N-methyl/N-ethyl adjacent to an activating group) is 1. The van der Waals surface area contributed by atoms with E-state index >= 15 is 0 Å². The Morgan fingerprint density at radius 3 is 2.62 bits per heavy atom. The van der Waals surface area contributed by atoms with Crippen molar-refractivity contribution in [3.63, 3.8) is 0 Å². The second-order valence-electron chi connectivity index (χ2n) is 2.53. The molecular formula is C6H12N4O3. The highest BCUT2D eigenvalue weighted by molar-refractivity contribution is 5.84. The number of rotatable bonds is 0. The van der Waals surface area contributed by atoms with Gasteiger partial charge in [0.05, 0.1) is 12.2 Å². The lowest BCUT2D eigenvalue weighted by Gasteiger charge is -2.17. The minimum atomic E-state index is -1.50. The Kier molecular flexibility index (Phi) is 4.28. The molecule has 0 aliphatic carbocycles. The fraction of sp³-hybridized carbons (Fsp3) is 0.500. The number of hydrogen-bond donors (Lipinski definition) is 2. The van der Waals surface area contributed by atoms with Crippen LogP contribution in [-0.2, 0) is 0 Å². The zero-order valence-electron chi connectivity index (χ0n) is 7.47. The van der Waals surface area contributed by atoms with E-state index in [1.165, 1.54) is 0 Å². The summed E-state index contributed by atoms with van der Waals surface area (Å²) in [7, 11) is 1.98. The molecule has 0 radical (unpaired) electrons. The molecule has 1 aliphatic heterocycles. The van der Waals surface area contributed by atoms with Gasteiger partial charge in [-0.3, -0.25) is 0 Å². The Hall–Kier alpha value is -1.79. The summed E-state index contributed by atoms with van der Waals surface area (Å²) in [5.41, 5.74) is 6.46. The van der Waals surface area contributed by atoms with Crippen molar-refractivity contribution >= 4 is 5.84 Å². The number of allylic oxidation sites excluding steroid dienone is 1. The fourth-order valence-corrected chi connectivity index (χ4v) is 0.911. The Morgan fingerprint density at radius 1 is 1.85 bits per heavy atom. The van der Waals surface area contributed by atoms with Crippen LogP contribution in [0.1, 0.15) is 6.92 Å². The summed E-state index contributed by atoms with van der Waals surface area (Å²) >= 11 is 0. The van der Waals surface area contributed by atoms with E-state index < -0.39 is 5.09 Å². The number of amidine groups is 1. The van der Waals surface area contributed by atoms with Gasteiger partial charge in [-0.2, -0.15) is 0 Å². The van der Waals surface area contributed by atoms with E-state index in [4.69, 9.17) is 21.1 Å². The van der Waals surface area contributed by atoms with E-state index in [9.17, 15) is 0 Å². The van der Waals surface area contributed by atoms with E-state index in [0.717, 1.165) is 12.2 Å². The van der Waals surface area contributed by atoms with E-state index in [1.807, 2.05) is 25.1 Å². The van der Waals surface area contributed by atoms with Gasteiger partial charge < -0.3 is 15.8 Å². The quantitative estimate of drug-likeness (QED) is 0.404. The van der Waals surface area contributed by atoms with Crippen LogP contribution in [0, 0.1) is 10.1 Å². The van der Waals surface area contributed by atoms with E-state index in [-0.39, 0.29) is 0 Å². The number of nitrogens with zero attached hydrogens (tertiary/aromatic N) is 3. The van der Waals surface area contributed by atoms with E-state index in [0.29, 0.717) is 5.84 Å². The standard InChI is InChI=1S/C6H11N3.HNO3/c1-5-3-9(2)4-6(7)8-5;2-1(3)4/h3H,4H2,1-2H3,(H2,7,8);(H,2,3,4). The third-order valence-corrected chi connectivity index (χ3v) is 1.14. The molecule has 0 spiro atoms. The van der Waals surface area contributed by atoms with Crippen LogP contribution >= 0.6 is 0 Å². The van der Waals surface area contributed by atoms with Crippen LogP contribution in [0.5, 0.6) is 0 Å². The Labute approximate surface area is 75.3 Å². The molecule has 0 saturated heterocycles. The first kappa shape index (κ1) is 11.2. The van der Waals surface area contributed by atoms with Gasteiger partial charge in [-0.15, -0.1) is 10.1 Å². The molecule has 0 saturated carbocycles. The topological polar surface area (TPSA) is 105 Å². The van der Waals surface area contributed by atoms with E-state index in [2.05, 4.69) is 4.99 Å². The molecule has 0 fully saturated rings. The van der Waals surface area contributed by atoms with E-state index in [1.54, 1.807) is 0 Å². The SMILES string of the molecule is CC1=CN(C)CC(N)=N1.O=[N+]([O-])O. The summed E-state index contributed by atoms with van der Waals surface area (Å²) in [5, 5.41) is 13.6. The van der Waals surface area contributed by atoms with Crippen molar-refractivity contribution in [1.29, 1.82) is 0 Å². The molecule has 0 aromatic carbocycles. The Morgan fingerprint density at radius 2 is 2.31 bits per heavy atom. The molecule has 1 rings (SSSR count). The Bertz CT molecular complexity index is 244. The number of aliphatic imine (C=N–C) groups is 1. The smallest absolute Gasteiger partial charge is 0.291 e. The van der Waals surface area contributed by atoms with Gasteiger partial charge in [0.25, 0.3) is 5.09 Å². The average Bonchev–Trinajstić information content (AvgIpc) is 1.80. The summed E-state index contributed by atoms with van der Waals surface area (Å²) < 4.78 is 0. The van der Waals surface area contributed by atoms with Crippen molar-refractivity contribution in [2.75, 3.05) is 13.6 Å². The molecular weight excluding hydrogens is 176 g/mol. The zero-order valence-corrected chi connectivity index (χ0v) is 7.47. The average molecular weight is 188 g/mol. The predicted octanol–water partition coefficient (Wildman–Crippen LogP) is -0.197.